The van der Waals surface area contributed by atoms with Gasteiger partial charge in [-0.05, 0) is 19.9 Å². The van der Waals surface area contributed by atoms with Crippen molar-refractivity contribution in [3.63, 3.8) is 0 Å². The molecule has 0 saturated heterocycles. The largest absolute Gasteiger partial charge is 0.487 e. The number of nitro benzene ring substituents is 1. The lowest BCUT2D eigenvalue weighted by molar-refractivity contribution is -0.385. The van der Waals surface area contributed by atoms with E-state index in [9.17, 15) is 14.9 Å². The van der Waals surface area contributed by atoms with Crippen LogP contribution in [0.4, 0.5) is 5.69 Å². The SMILES string of the molecule is CCOCC(C)Oc1cc([N+](=O)[O-])ccc1C(=O)O. The summed E-state index contributed by atoms with van der Waals surface area (Å²) in [6, 6.07) is 3.39. The molecule has 7 heteroatoms. The lowest BCUT2D eigenvalue weighted by Gasteiger charge is -2.15. The monoisotopic (exact) mass is 269 g/mol. The second-order valence-electron chi connectivity index (χ2n) is 3.83. The Morgan fingerprint density at radius 3 is 2.74 bits per heavy atom. The van der Waals surface area contributed by atoms with E-state index >= 15 is 0 Å². The molecule has 0 amide bonds. The molecule has 7 nitrogen and oxygen atoms in total. The van der Waals surface area contributed by atoms with Crippen molar-refractivity contribution in [3.05, 3.63) is 33.9 Å². The van der Waals surface area contributed by atoms with Crippen LogP contribution in [0.2, 0.25) is 0 Å². The molecule has 0 bridgehead atoms. The van der Waals surface area contributed by atoms with Gasteiger partial charge >= 0.3 is 5.97 Å². The van der Waals surface area contributed by atoms with Crippen molar-refractivity contribution in [2.45, 2.75) is 20.0 Å². The molecule has 1 unspecified atom stereocenters. The molecule has 1 aromatic carbocycles. The van der Waals surface area contributed by atoms with Crippen LogP contribution in [0.3, 0.4) is 0 Å². The molecule has 0 radical (unpaired) electrons. The second-order valence-corrected chi connectivity index (χ2v) is 3.83. The Labute approximate surface area is 109 Å². The van der Waals surface area contributed by atoms with Crippen molar-refractivity contribution in [1.82, 2.24) is 0 Å². The molecular weight excluding hydrogens is 254 g/mol. The zero-order chi connectivity index (χ0) is 14.4. The Bertz CT molecular complexity index is 473. The number of hydrogen-bond acceptors (Lipinski definition) is 5. The molecule has 0 aliphatic carbocycles. The van der Waals surface area contributed by atoms with Gasteiger partial charge in [-0.3, -0.25) is 10.1 Å². The molecule has 1 aromatic rings. The first-order chi connectivity index (χ1) is 8.95. The minimum atomic E-state index is -1.20. The summed E-state index contributed by atoms with van der Waals surface area (Å²) < 4.78 is 10.5. The summed E-state index contributed by atoms with van der Waals surface area (Å²) in [5.41, 5.74) is -0.336. The van der Waals surface area contributed by atoms with Crippen LogP contribution in [0.25, 0.3) is 0 Å². The number of nitro groups is 1. The number of benzene rings is 1. The van der Waals surface area contributed by atoms with E-state index in [-0.39, 0.29) is 23.6 Å². The first-order valence-corrected chi connectivity index (χ1v) is 5.71. The van der Waals surface area contributed by atoms with E-state index < -0.39 is 17.0 Å². The van der Waals surface area contributed by atoms with Gasteiger partial charge in [-0.2, -0.15) is 0 Å². The number of hydrogen-bond donors (Lipinski definition) is 1. The van der Waals surface area contributed by atoms with Gasteiger partial charge in [0.25, 0.3) is 5.69 Å². The fourth-order valence-corrected chi connectivity index (χ4v) is 1.43. The summed E-state index contributed by atoms with van der Waals surface area (Å²) >= 11 is 0. The maximum absolute atomic E-state index is 11.0. The normalized spacial score (nSPS) is 11.9. The predicted octanol–water partition coefficient (Wildman–Crippen LogP) is 2.10. The molecular formula is C12H15NO6. The standard InChI is InChI=1S/C12H15NO6/c1-3-18-7-8(2)19-11-6-9(13(16)17)4-5-10(11)12(14)15/h4-6,8H,3,7H2,1-2H3,(H,14,15). The summed E-state index contributed by atoms with van der Waals surface area (Å²) in [6.07, 6.45) is -0.403. The Morgan fingerprint density at radius 1 is 1.53 bits per heavy atom. The maximum atomic E-state index is 11.0. The maximum Gasteiger partial charge on any atom is 0.339 e. The van der Waals surface area contributed by atoms with Crippen molar-refractivity contribution < 1.29 is 24.3 Å². The molecule has 0 spiro atoms. The van der Waals surface area contributed by atoms with E-state index in [1.54, 1.807) is 6.92 Å². The molecule has 0 heterocycles. The number of carboxylic acid groups (broad SMARTS) is 1. The molecule has 1 rings (SSSR count). The van der Waals surface area contributed by atoms with Gasteiger partial charge in [0.15, 0.2) is 0 Å². The van der Waals surface area contributed by atoms with Gasteiger partial charge in [-0.1, -0.05) is 0 Å². The third-order valence-corrected chi connectivity index (χ3v) is 2.29. The summed E-state index contributed by atoms with van der Waals surface area (Å²) in [4.78, 5) is 21.1. The highest BCUT2D eigenvalue weighted by Gasteiger charge is 2.18. The molecule has 1 atom stereocenters. The lowest BCUT2D eigenvalue weighted by Crippen LogP contribution is -2.20. The van der Waals surface area contributed by atoms with Gasteiger partial charge in [0.2, 0.25) is 0 Å². The van der Waals surface area contributed by atoms with E-state index in [4.69, 9.17) is 14.6 Å². The number of ether oxygens (including phenoxy) is 2. The second kappa shape index (κ2) is 6.69. The minimum Gasteiger partial charge on any atom is -0.487 e. The lowest BCUT2D eigenvalue weighted by atomic mass is 10.2. The molecule has 1 N–H and O–H groups in total. The van der Waals surface area contributed by atoms with Gasteiger partial charge in [-0.15, -0.1) is 0 Å². The first-order valence-electron chi connectivity index (χ1n) is 5.71. The summed E-state index contributed by atoms with van der Waals surface area (Å²) in [5.74, 6) is -1.23. The highest BCUT2D eigenvalue weighted by Crippen LogP contribution is 2.25. The number of nitrogens with zero attached hydrogens (tertiary/aromatic N) is 1. The fraction of sp³-hybridized carbons (Fsp3) is 0.417. The Morgan fingerprint density at radius 2 is 2.21 bits per heavy atom. The smallest absolute Gasteiger partial charge is 0.339 e. The van der Waals surface area contributed by atoms with Crippen molar-refractivity contribution in [1.29, 1.82) is 0 Å². The van der Waals surface area contributed by atoms with Crippen LogP contribution in [0, 0.1) is 10.1 Å². The van der Waals surface area contributed by atoms with E-state index in [0.717, 1.165) is 18.2 Å². The quantitative estimate of drug-likeness (QED) is 0.601. The number of non-ortho nitro benzene ring substituents is 1. The Hall–Kier alpha value is -2.15. The molecule has 0 aliphatic heterocycles. The van der Waals surface area contributed by atoms with Crippen molar-refractivity contribution >= 4 is 11.7 Å². The molecule has 0 fully saturated rings. The van der Waals surface area contributed by atoms with Gasteiger partial charge in [0.05, 0.1) is 17.6 Å². The topological polar surface area (TPSA) is 98.9 Å². The van der Waals surface area contributed by atoms with Crippen molar-refractivity contribution in [2.24, 2.45) is 0 Å². The molecule has 0 aliphatic rings. The van der Waals surface area contributed by atoms with Gasteiger partial charge in [-0.25, -0.2) is 4.79 Å². The number of rotatable bonds is 7. The average Bonchev–Trinajstić information content (AvgIpc) is 2.35. The summed E-state index contributed by atoms with van der Waals surface area (Å²) in [5, 5.41) is 19.7. The van der Waals surface area contributed by atoms with Gasteiger partial charge < -0.3 is 14.6 Å². The van der Waals surface area contributed by atoms with Crippen LogP contribution >= 0.6 is 0 Å². The Balaban J connectivity index is 2.97. The molecule has 19 heavy (non-hydrogen) atoms. The highest BCUT2D eigenvalue weighted by atomic mass is 16.6. The number of carbonyl (C=O) groups is 1. The number of aromatic carboxylic acids is 1. The first kappa shape index (κ1) is 14.9. The van der Waals surface area contributed by atoms with E-state index in [1.165, 1.54) is 0 Å². The van der Waals surface area contributed by atoms with E-state index in [2.05, 4.69) is 0 Å². The highest BCUT2D eigenvalue weighted by molar-refractivity contribution is 5.91. The van der Waals surface area contributed by atoms with Crippen LogP contribution in [0.15, 0.2) is 18.2 Å². The third-order valence-electron chi connectivity index (χ3n) is 2.29. The van der Waals surface area contributed by atoms with E-state index in [0.29, 0.717) is 6.61 Å². The van der Waals surface area contributed by atoms with Crippen LogP contribution in [-0.4, -0.2) is 35.3 Å². The molecule has 0 aromatic heterocycles. The number of carboxylic acids is 1. The van der Waals surface area contributed by atoms with Crippen LogP contribution < -0.4 is 4.74 Å². The summed E-state index contributed by atoms with van der Waals surface area (Å²) in [6.45, 7) is 4.30. The van der Waals surface area contributed by atoms with Crippen LogP contribution in [0.1, 0.15) is 24.2 Å². The zero-order valence-electron chi connectivity index (χ0n) is 10.7. The van der Waals surface area contributed by atoms with E-state index in [1.807, 2.05) is 6.92 Å². The van der Waals surface area contributed by atoms with Gasteiger partial charge in [0.1, 0.15) is 17.4 Å². The fourth-order valence-electron chi connectivity index (χ4n) is 1.43. The average molecular weight is 269 g/mol. The molecule has 0 saturated carbocycles. The van der Waals surface area contributed by atoms with Gasteiger partial charge in [0, 0.05) is 12.7 Å². The Kier molecular flexibility index (Phi) is 5.25. The predicted molar refractivity (Wildman–Crippen MR) is 66.6 cm³/mol. The van der Waals surface area contributed by atoms with Crippen LogP contribution in [0.5, 0.6) is 5.75 Å². The minimum absolute atomic E-state index is 0.0334. The zero-order valence-corrected chi connectivity index (χ0v) is 10.7. The summed E-state index contributed by atoms with van der Waals surface area (Å²) in [7, 11) is 0. The molecule has 104 valence electrons. The van der Waals surface area contributed by atoms with Crippen molar-refractivity contribution in [3.8, 4) is 5.75 Å². The van der Waals surface area contributed by atoms with Crippen LogP contribution in [-0.2, 0) is 4.74 Å². The third kappa shape index (κ3) is 4.22. The van der Waals surface area contributed by atoms with Crippen molar-refractivity contribution in [2.75, 3.05) is 13.2 Å².